The van der Waals surface area contributed by atoms with Crippen molar-refractivity contribution >= 4 is 11.9 Å². The molecule has 0 N–H and O–H groups in total. The van der Waals surface area contributed by atoms with E-state index in [2.05, 4.69) is 24.8 Å². The fourth-order valence-electron chi connectivity index (χ4n) is 4.24. The molecule has 0 aromatic heterocycles. The lowest BCUT2D eigenvalue weighted by Crippen LogP contribution is -2.20. The number of allylic oxidation sites excluding steroid dienone is 2. The minimum Gasteiger partial charge on any atom is -0.462 e. The Morgan fingerprint density at radius 2 is 1.27 bits per heavy atom. The van der Waals surface area contributed by atoms with Crippen molar-refractivity contribution in [3.05, 3.63) is 24.3 Å². The molecule has 0 amide bonds. The van der Waals surface area contributed by atoms with Gasteiger partial charge in [-0.2, -0.15) is 0 Å². The molecule has 0 rings (SSSR count). The van der Waals surface area contributed by atoms with Crippen LogP contribution in [-0.4, -0.2) is 50.2 Å². The number of esters is 2. The molecule has 216 valence electrons. The SMILES string of the molecule is CCCCCC/C=C\COC(=O)C=CCCCCCC(CCCCCCCC)OC(=O)CCCN(C)C. The highest BCUT2D eigenvalue weighted by Crippen LogP contribution is 2.17. The van der Waals surface area contributed by atoms with Gasteiger partial charge in [0, 0.05) is 12.5 Å². The van der Waals surface area contributed by atoms with Gasteiger partial charge >= 0.3 is 11.9 Å². The second-order valence-corrected chi connectivity index (χ2v) is 10.6. The highest BCUT2D eigenvalue weighted by atomic mass is 16.5. The summed E-state index contributed by atoms with van der Waals surface area (Å²) in [5, 5.41) is 0. The van der Waals surface area contributed by atoms with E-state index in [0.717, 1.165) is 64.3 Å². The summed E-state index contributed by atoms with van der Waals surface area (Å²) in [6, 6.07) is 0. The van der Waals surface area contributed by atoms with Gasteiger partial charge in [0.15, 0.2) is 0 Å². The van der Waals surface area contributed by atoms with Crippen molar-refractivity contribution in [1.82, 2.24) is 4.90 Å². The first-order valence-electron chi connectivity index (χ1n) is 15.3. The van der Waals surface area contributed by atoms with E-state index >= 15 is 0 Å². The molecule has 0 saturated carbocycles. The van der Waals surface area contributed by atoms with Crippen LogP contribution in [0.15, 0.2) is 24.3 Å². The first kappa shape index (κ1) is 35.4. The summed E-state index contributed by atoms with van der Waals surface area (Å²) in [5.41, 5.74) is 0. The van der Waals surface area contributed by atoms with E-state index in [4.69, 9.17) is 9.47 Å². The third-order valence-corrected chi connectivity index (χ3v) is 6.53. The molecule has 0 saturated heterocycles. The minimum absolute atomic E-state index is 0.0447. The van der Waals surface area contributed by atoms with Gasteiger partial charge in [-0.25, -0.2) is 4.79 Å². The molecule has 5 nitrogen and oxygen atoms in total. The quantitative estimate of drug-likeness (QED) is 0.0494. The highest BCUT2D eigenvalue weighted by molar-refractivity contribution is 5.81. The zero-order chi connectivity index (χ0) is 27.4. The number of rotatable bonds is 26. The van der Waals surface area contributed by atoms with Gasteiger partial charge in [-0.15, -0.1) is 0 Å². The smallest absolute Gasteiger partial charge is 0.330 e. The van der Waals surface area contributed by atoms with Crippen molar-refractivity contribution in [2.45, 2.75) is 142 Å². The Labute approximate surface area is 229 Å². The maximum absolute atomic E-state index is 12.3. The highest BCUT2D eigenvalue weighted by Gasteiger charge is 2.14. The molecule has 1 atom stereocenters. The van der Waals surface area contributed by atoms with Gasteiger partial charge in [0.05, 0.1) is 0 Å². The number of unbranched alkanes of at least 4 members (excludes halogenated alkanes) is 12. The molecule has 0 radical (unpaired) electrons. The fourth-order valence-corrected chi connectivity index (χ4v) is 4.24. The third-order valence-electron chi connectivity index (χ3n) is 6.53. The van der Waals surface area contributed by atoms with E-state index in [1.54, 1.807) is 6.08 Å². The van der Waals surface area contributed by atoms with Crippen LogP contribution in [0, 0.1) is 0 Å². The van der Waals surface area contributed by atoms with E-state index < -0.39 is 0 Å². The first-order valence-corrected chi connectivity index (χ1v) is 15.3. The van der Waals surface area contributed by atoms with Gasteiger partial charge < -0.3 is 14.4 Å². The Bertz CT molecular complexity index is 585. The molecule has 0 aromatic carbocycles. The predicted octanol–water partition coefficient (Wildman–Crippen LogP) is 8.57. The molecule has 0 fully saturated rings. The summed E-state index contributed by atoms with van der Waals surface area (Å²) in [5.74, 6) is -0.318. The van der Waals surface area contributed by atoms with Crippen molar-refractivity contribution in [1.29, 1.82) is 0 Å². The molecule has 0 aliphatic carbocycles. The van der Waals surface area contributed by atoms with E-state index in [0.29, 0.717) is 13.0 Å². The molecule has 0 spiro atoms. The third kappa shape index (κ3) is 27.2. The van der Waals surface area contributed by atoms with Crippen molar-refractivity contribution in [2.75, 3.05) is 27.2 Å². The Morgan fingerprint density at radius 3 is 1.92 bits per heavy atom. The molecule has 37 heavy (non-hydrogen) atoms. The normalized spacial score (nSPS) is 12.6. The van der Waals surface area contributed by atoms with Gasteiger partial charge in [0.25, 0.3) is 0 Å². The fraction of sp³-hybridized carbons (Fsp3) is 0.812. The summed E-state index contributed by atoms with van der Waals surface area (Å²) in [6.07, 6.45) is 28.4. The monoisotopic (exact) mass is 521 g/mol. The molecule has 1 unspecified atom stereocenters. The number of hydrogen-bond donors (Lipinski definition) is 0. The van der Waals surface area contributed by atoms with Gasteiger partial charge in [-0.3, -0.25) is 4.79 Å². The second kappa shape index (κ2) is 27.4. The van der Waals surface area contributed by atoms with Crippen LogP contribution < -0.4 is 0 Å². The van der Waals surface area contributed by atoms with Crippen LogP contribution >= 0.6 is 0 Å². The molecule has 5 heteroatoms. The second-order valence-electron chi connectivity index (χ2n) is 10.6. The van der Waals surface area contributed by atoms with Crippen LogP contribution in [0.3, 0.4) is 0 Å². The number of hydrogen-bond acceptors (Lipinski definition) is 5. The van der Waals surface area contributed by atoms with Gasteiger partial charge in [-0.1, -0.05) is 89.9 Å². The van der Waals surface area contributed by atoms with E-state index in [-0.39, 0.29) is 18.0 Å². The van der Waals surface area contributed by atoms with E-state index in [9.17, 15) is 9.59 Å². The molecule has 0 aliphatic heterocycles. The average Bonchev–Trinajstić information content (AvgIpc) is 2.86. The van der Waals surface area contributed by atoms with Gasteiger partial charge in [0.2, 0.25) is 0 Å². The maximum Gasteiger partial charge on any atom is 0.330 e. The predicted molar refractivity (Wildman–Crippen MR) is 157 cm³/mol. The van der Waals surface area contributed by atoms with Gasteiger partial charge in [0.1, 0.15) is 12.7 Å². The Hall–Kier alpha value is -1.62. The number of ether oxygens (including phenoxy) is 2. The maximum atomic E-state index is 12.3. The Morgan fingerprint density at radius 1 is 0.703 bits per heavy atom. The molecule has 0 heterocycles. The van der Waals surface area contributed by atoms with Crippen LogP contribution in [0.4, 0.5) is 0 Å². The van der Waals surface area contributed by atoms with Crippen molar-refractivity contribution in [3.63, 3.8) is 0 Å². The zero-order valence-electron chi connectivity index (χ0n) is 24.8. The summed E-state index contributed by atoms with van der Waals surface area (Å²) >= 11 is 0. The van der Waals surface area contributed by atoms with Crippen LogP contribution in [0.5, 0.6) is 0 Å². The lowest BCUT2D eigenvalue weighted by atomic mass is 10.0. The lowest BCUT2D eigenvalue weighted by Gasteiger charge is -2.18. The summed E-state index contributed by atoms with van der Waals surface area (Å²) in [7, 11) is 4.05. The number of carbonyl (C=O) groups is 2. The minimum atomic E-state index is -0.268. The largest absolute Gasteiger partial charge is 0.462 e. The summed E-state index contributed by atoms with van der Waals surface area (Å²) < 4.78 is 11.1. The zero-order valence-corrected chi connectivity index (χ0v) is 24.8. The number of carbonyl (C=O) groups excluding carboxylic acids is 2. The van der Waals surface area contributed by atoms with E-state index in [1.807, 2.05) is 26.2 Å². The lowest BCUT2D eigenvalue weighted by molar-refractivity contribution is -0.150. The van der Waals surface area contributed by atoms with Crippen molar-refractivity contribution in [3.8, 4) is 0 Å². The first-order chi connectivity index (χ1) is 18.0. The van der Waals surface area contributed by atoms with Crippen LogP contribution in [0.2, 0.25) is 0 Å². The average molecular weight is 522 g/mol. The Kier molecular flexibility index (Phi) is 26.2. The van der Waals surface area contributed by atoms with Crippen molar-refractivity contribution in [2.24, 2.45) is 0 Å². The standard InChI is InChI=1S/C32H59NO4/c1-5-7-9-11-13-18-22-29-36-31(34)26-21-17-14-16-20-25-30(24-19-15-12-10-8-6-2)37-32(35)27-23-28-33(3)4/h18,21-22,26,30H,5-17,19-20,23-25,27-29H2,1-4H3/b22-18-,26-21?. The topological polar surface area (TPSA) is 55.8 Å². The number of nitrogens with zero attached hydrogens (tertiary/aromatic N) is 1. The van der Waals surface area contributed by atoms with Crippen LogP contribution in [0.1, 0.15) is 136 Å². The molecular weight excluding hydrogens is 462 g/mol. The van der Waals surface area contributed by atoms with Crippen LogP contribution in [0.25, 0.3) is 0 Å². The van der Waals surface area contributed by atoms with Gasteiger partial charge in [-0.05, 0) is 78.4 Å². The Balaban J connectivity index is 4.07. The summed E-state index contributed by atoms with van der Waals surface area (Å²) in [6.45, 7) is 5.71. The van der Waals surface area contributed by atoms with E-state index in [1.165, 1.54) is 57.8 Å². The summed E-state index contributed by atoms with van der Waals surface area (Å²) in [4.78, 5) is 26.2. The van der Waals surface area contributed by atoms with Crippen LogP contribution in [-0.2, 0) is 19.1 Å². The van der Waals surface area contributed by atoms with Crippen molar-refractivity contribution < 1.29 is 19.1 Å². The molecular formula is C32H59NO4. The molecule has 0 aromatic rings. The molecule has 0 aliphatic rings. The molecule has 0 bridgehead atoms.